The summed E-state index contributed by atoms with van der Waals surface area (Å²) in [6, 6.07) is 19.7. The van der Waals surface area contributed by atoms with Crippen LogP contribution in [0, 0.1) is 6.92 Å². The number of fused-ring (bicyclic) bond motifs is 1. The van der Waals surface area contributed by atoms with Crippen LogP contribution >= 0.6 is 0 Å². The number of aliphatic imine (C=N–C) groups is 1. The number of aryl methyl sites for hydroxylation is 1. The quantitative estimate of drug-likeness (QED) is 0.460. The zero-order chi connectivity index (χ0) is 19.5. The second kappa shape index (κ2) is 7.56. The predicted octanol–water partition coefficient (Wildman–Crippen LogP) is 5.08. The van der Waals surface area contributed by atoms with Crippen LogP contribution in [0.1, 0.15) is 11.1 Å². The van der Waals surface area contributed by atoms with Crippen molar-refractivity contribution in [2.75, 3.05) is 14.2 Å². The van der Waals surface area contributed by atoms with Gasteiger partial charge in [-0.25, -0.2) is 9.98 Å². The normalized spacial score (nSPS) is 11.2. The zero-order valence-electron chi connectivity index (χ0n) is 16.1. The van der Waals surface area contributed by atoms with Crippen molar-refractivity contribution in [3.63, 3.8) is 0 Å². The number of methoxy groups -OCH3 is 2. The van der Waals surface area contributed by atoms with E-state index in [9.17, 15) is 0 Å². The van der Waals surface area contributed by atoms with Crippen molar-refractivity contribution in [2.24, 2.45) is 4.99 Å². The summed E-state index contributed by atoms with van der Waals surface area (Å²) in [5.41, 5.74) is 4.82. The van der Waals surface area contributed by atoms with Crippen molar-refractivity contribution in [1.29, 1.82) is 0 Å². The summed E-state index contributed by atoms with van der Waals surface area (Å²) >= 11 is 0. The van der Waals surface area contributed by atoms with Crippen molar-refractivity contribution in [2.45, 2.75) is 6.92 Å². The van der Waals surface area contributed by atoms with Crippen molar-refractivity contribution in [1.82, 2.24) is 9.38 Å². The van der Waals surface area contributed by atoms with E-state index in [1.54, 1.807) is 14.2 Å². The third kappa shape index (κ3) is 3.47. The molecule has 0 aliphatic heterocycles. The largest absolute Gasteiger partial charge is 0.497 e. The third-order valence-corrected chi connectivity index (χ3v) is 4.56. The van der Waals surface area contributed by atoms with Crippen LogP contribution in [0.4, 0.5) is 5.82 Å². The SMILES string of the molecule is COc1ccc(/C=N/c2c(-c3ccc(OC)cc3)nc3ccc(C)cn23)cc1. The Morgan fingerprint density at radius 2 is 1.50 bits per heavy atom. The summed E-state index contributed by atoms with van der Waals surface area (Å²) in [5.74, 6) is 2.42. The first-order chi connectivity index (χ1) is 13.7. The van der Waals surface area contributed by atoms with Gasteiger partial charge in [0.2, 0.25) is 0 Å². The summed E-state index contributed by atoms with van der Waals surface area (Å²) in [6.07, 6.45) is 3.90. The maximum absolute atomic E-state index is 5.27. The van der Waals surface area contributed by atoms with E-state index in [1.165, 1.54) is 0 Å². The predicted molar refractivity (Wildman–Crippen MR) is 112 cm³/mol. The molecule has 4 aromatic rings. The molecule has 140 valence electrons. The number of ether oxygens (including phenoxy) is 2. The Kier molecular flexibility index (Phi) is 4.81. The molecular weight excluding hydrogens is 350 g/mol. The van der Waals surface area contributed by atoms with E-state index in [1.807, 2.05) is 65.2 Å². The molecule has 5 heteroatoms. The lowest BCUT2D eigenvalue weighted by Gasteiger charge is -2.03. The molecule has 0 spiro atoms. The summed E-state index contributed by atoms with van der Waals surface area (Å²) in [5, 5.41) is 0. The Morgan fingerprint density at radius 1 is 0.857 bits per heavy atom. The number of aromatic nitrogens is 2. The molecule has 0 N–H and O–H groups in total. The van der Waals surface area contributed by atoms with Gasteiger partial charge in [0.25, 0.3) is 0 Å². The molecule has 0 aliphatic rings. The van der Waals surface area contributed by atoms with Gasteiger partial charge in [-0.2, -0.15) is 0 Å². The Morgan fingerprint density at radius 3 is 2.14 bits per heavy atom. The third-order valence-electron chi connectivity index (χ3n) is 4.56. The van der Waals surface area contributed by atoms with Gasteiger partial charge in [-0.05, 0) is 72.6 Å². The summed E-state index contributed by atoms with van der Waals surface area (Å²) in [4.78, 5) is 9.59. The molecule has 0 amide bonds. The number of nitrogens with zero attached hydrogens (tertiary/aromatic N) is 3. The number of hydrogen-bond donors (Lipinski definition) is 0. The Labute approximate surface area is 163 Å². The summed E-state index contributed by atoms with van der Waals surface area (Å²) in [7, 11) is 3.32. The number of imidazole rings is 1. The van der Waals surface area contributed by atoms with Crippen LogP contribution in [0.25, 0.3) is 16.9 Å². The molecule has 0 aliphatic carbocycles. The number of pyridine rings is 1. The average molecular weight is 371 g/mol. The topological polar surface area (TPSA) is 48.1 Å². The lowest BCUT2D eigenvalue weighted by molar-refractivity contribution is 0.414. The second-order valence-electron chi connectivity index (χ2n) is 6.48. The van der Waals surface area contributed by atoms with Gasteiger partial charge in [0.1, 0.15) is 22.8 Å². The van der Waals surface area contributed by atoms with Gasteiger partial charge in [0.15, 0.2) is 5.82 Å². The first-order valence-electron chi connectivity index (χ1n) is 8.99. The first kappa shape index (κ1) is 17.8. The molecule has 0 unspecified atom stereocenters. The van der Waals surface area contributed by atoms with E-state index in [0.717, 1.165) is 45.3 Å². The minimum atomic E-state index is 0.791. The van der Waals surface area contributed by atoms with Crippen molar-refractivity contribution in [3.05, 3.63) is 78.0 Å². The van der Waals surface area contributed by atoms with Crippen LogP contribution < -0.4 is 9.47 Å². The summed E-state index contributed by atoms with van der Waals surface area (Å²) < 4.78 is 12.5. The van der Waals surface area contributed by atoms with Gasteiger partial charge in [-0.3, -0.25) is 4.40 Å². The van der Waals surface area contributed by atoms with Gasteiger partial charge in [0, 0.05) is 18.0 Å². The van der Waals surface area contributed by atoms with Crippen molar-refractivity contribution in [3.8, 4) is 22.8 Å². The molecule has 4 rings (SSSR count). The van der Waals surface area contributed by atoms with Gasteiger partial charge < -0.3 is 9.47 Å². The molecule has 2 heterocycles. The minimum absolute atomic E-state index is 0.791. The van der Waals surface area contributed by atoms with E-state index in [0.29, 0.717) is 0 Å². The van der Waals surface area contributed by atoms with Crippen LogP contribution in [0.3, 0.4) is 0 Å². The van der Waals surface area contributed by atoms with E-state index < -0.39 is 0 Å². The minimum Gasteiger partial charge on any atom is -0.497 e. The van der Waals surface area contributed by atoms with Crippen LogP contribution in [-0.2, 0) is 0 Å². The van der Waals surface area contributed by atoms with E-state index in [-0.39, 0.29) is 0 Å². The van der Waals surface area contributed by atoms with Gasteiger partial charge >= 0.3 is 0 Å². The molecule has 0 atom stereocenters. The highest BCUT2D eigenvalue weighted by atomic mass is 16.5. The van der Waals surface area contributed by atoms with Crippen molar-refractivity contribution < 1.29 is 9.47 Å². The van der Waals surface area contributed by atoms with Gasteiger partial charge in [-0.15, -0.1) is 0 Å². The number of hydrogen-bond acceptors (Lipinski definition) is 4. The molecule has 0 bridgehead atoms. The number of rotatable bonds is 5. The van der Waals surface area contributed by atoms with Crippen LogP contribution in [0.5, 0.6) is 11.5 Å². The number of benzene rings is 2. The smallest absolute Gasteiger partial charge is 0.165 e. The molecule has 28 heavy (non-hydrogen) atoms. The molecule has 0 saturated heterocycles. The average Bonchev–Trinajstić information content (AvgIpc) is 3.10. The molecule has 0 fully saturated rings. The van der Waals surface area contributed by atoms with E-state index >= 15 is 0 Å². The monoisotopic (exact) mass is 371 g/mol. The fraction of sp³-hybridized carbons (Fsp3) is 0.130. The van der Waals surface area contributed by atoms with Crippen LogP contribution in [-0.4, -0.2) is 29.8 Å². The fourth-order valence-corrected chi connectivity index (χ4v) is 3.03. The summed E-state index contributed by atoms with van der Waals surface area (Å²) in [6.45, 7) is 2.06. The molecule has 0 saturated carbocycles. The van der Waals surface area contributed by atoms with E-state index in [4.69, 9.17) is 19.5 Å². The lowest BCUT2D eigenvalue weighted by Crippen LogP contribution is -1.88. The molecule has 0 radical (unpaired) electrons. The Balaban J connectivity index is 1.81. The highest BCUT2D eigenvalue weighted by Gasteiger charge is 2.13. The molecule has 2 aromatic carbocycles. The fourth-order valence-electron chi connectivity index (χ4n) is 3.03. The molecule has 5 nitrogen and oxygen atoms in total. The van der Waals surface area contributed by atoms with E-state index in [2.05, 4.69) is 19.2 Å². The van der Waals surface area contributed by atoms with Gasteiger partial charge in [0.05, 0.1) is 14.2 Å². The highest BCUT2D eigenvalue weighted by molar-refractivity contribution is 5.85. The Bertz CT molecular complexity index is 1130. The zero-order valence-corrected chi connectivity index (χ0v) is 16.1. The van der Waals surface area contributed by atoms with Crippen molar-refractivity contribution >= 4 is 17.7 Å². The maximum Gasteiger partial charge on any atom is 0.165 e. The lowest BCUT2D eigenvalue weighted by atomic mass is 10.1. The molecular formula is C23H21N3O2. The highest BCUT2D eigenvalue weighted by Crippen LogP contribution is 2.32. The standard InChI is InChI=1S/C23H21N3O2/c1-16-4-13-21-25-22(18-7-11-20(28-3)12-8-18)23(26(21)15-16)24-14-17-5-9-19(27-2)10-6-17/h4-15H,1-3H3/b24-14+. The van der Waals surface area contributed by atoms with Crippen LogP contribution in [0.15, 0.2) is 71.9 Å². The Hall–Kier alpha value is -3.60. The van der Waals surface area contributed by atoms with Crippen LogP contribution in [0.2, 0.25) is 0 Å². The maximum atomic E-state index is 5.27. The van der Waals surface area contributed by atoms with Gasteiger partial charge in [-0.1, -0.05) is 6.07 Å². The second-order valence-corrected chi connectivity index (χ2v) is 6.48. The first-order valence-corrected chi connectivity index (χ1v) is 8.99. The molecule has 2 aromatic heterocycles.